The lowest BCUT2D eigenvalue weighted by Crippen LogP contribution is -2.02. The fourth-order valence-electron chi connectivity index (χ4n) is 1.75. The zero-order chi connectivity index (χ0) is 16.7. The molecular formula is C16H12ClN3O3. The van der Waals surface area contributed by atoms with Crippen molar-refractivity contribution in [2.75, 3.05) is 7.11 Å². The number of nitrogens with zero attached hydrogens (tertiary/aromatic N) is 3. The third-order valence-electron chi connectivity index (χ3n) is 2.80. The van der Waals surface area contributed by atoms with Crippen LogP contribution >= 0.6 is 11.6 Å². The molecule has 7 heteroatoms. The summed E-state index contributed by atoms with van der Waals surface area (Å²) < 4.78 is 10.3. The van der Waals surface area contributed by atoms with Gasteiger partial charge in [0.1, 0.15) is 17.2 Å². The molecule has 0 atom stereocenters. The second-order valence-electron chi connectivity index (χ2n) is 4.30. The van der Waals surface area contributed by atoms with Crippen molar-refractivity contribution < 1.29 is 14.3 Å². The Labute approximate surface area is 137 Å². The predicted molar refractivity (Wildman–Crippen MR) is 87.1 cm³/mol. The van der Waals surface area contributed by atoms with Crippen LogP contribution in [0, 0.1) is 0 Å². The maximum atomic E-state index is 11.6. The van der Waals surface area contributed by atoms with E-state index in [4.69, 9.17) is 21.9 Å². The molecule has 2 aromatic carbocycles. The number of halogens is 1. The molecule has 23 heavy (non-hydrogen) atoms. The zero-order valence-corrected chi connectivity index (χ0v) is 12.9. The number of azide groups is 1. The molecule has 0 N–H and O–H groups in total. The van der Waals surface area contributed by atoms with E-state index < -0.39 is 5.97 Å². The summed E-state index contributed by atoms with van der Waals surface area (Å²) in [4.78, 5) is 14.2. The van der Waals surface area contributed by atoms with Gasteiger partial charge in [0.05, 0.1) is 7.11 Å². The van der Waals surface area contributed by atoms with E-state index in [1.807, 2.05) is 0 Å². The van der Waals surface area contributed by atoms with E-state index in [0.29, 0.717) is 22.1 Å². The van der Waals surface area contributed by atoms with Crippen molar-refractivity contribution >= 4 is 23.6 Å². The fourth-order valence-corrected chi connectivity index (χ4v) is 1.88. The van der Waals surface area contributed by atoms with Gasteiger partial charge >= 0.3 is 5.97 Å². The molecular weight excluding hydrogens is 318 g/mol. The average molecular weight is 330 g/mol. The van der Waals surface area contributed by atoms with Gasteiger partial charge in [-0.25, -0.2) is 4.79 Å². The van der Waals surface area contributed by atoms with Crippen molar-refractivity contribution in [1.29, 1.82) is 0 Å². The third-order valence-corrected chi connectivity index (χ3v) is 3.05. The van der Waals surface area contributed by atoms with E-state index >= 15 is 0 Å². The Hall–Kier alpha value is -2.95. The summed E-state index contributed by atoms with van der Waals surface area (Å²) in [5.74, 6) is 0.340. The highest BCUT2D eigenvalue weighted by Gasteiger charge is 2.10. The maximum absolute atomic E-state index is 11.6. The first-order chi connectivity index (χ1) is 11.1. The molecule has 116 valence electrons. The maximum Gasteiger partial charge on any atom is 0.340 e. The van der Waals surface area contributed by atoms with Crippen LogP contribution in [0.15, 0.2) is 59.3 Å². The minimum absolute atomic E-state index is 0.165. The molecule has 0 aliphatic carbocycles. The number of hydrogen-bond acceptors (Lipinski definition) is 4. The highest BCUT2D eigenvalue weighted by atomic mass is 35.5. The highest BCUT2D eigenvalue weighted by molar-refractivity contribution is 6.30. The molecule has 0 bridgehead atoms. The number of rotatable bonds is 5. The van der Waals surface area contributed by atoms with Crippen molar-refractivity contribution in [3.05, 3.63) is 75.3 Å². The van der Waals surface area contributed by atoms with Gasteiger partial charge in [-0.15, -0.1) is 0 Å². The molecule has 0 aromatic heterocycles. The molecule has 0 heterocycles. The van der Waals surface area contributed by atoms with Gasteiger partial charge in [-0.3, -0.25) is 0 Å². The number of carbonyl (C=O) groups is 1. The van der Waals surface area contributed by atoms with Gasteiger partial charge < -0.3 is 9.47 Å². The summed E-state index contributed by atoms with van der Waals surface area (Å²) in [6.07, 6.45) is 1.40. The molecule has 0 fully saturated rings. The van der Waals surface area contributed by atoms with E-state index in [9.17, 15) is 4.79 Å². The lowest BCUT2D eigenvalue weighted by atomic mass is 10.1. The highest BCUT2D eigenvalue weighted by Crippen LogP contribution is 2.28. The number of benzene rings is 2. The largest absolute Gasteiger partial charge is 0.466 e. The molecule has 0 aliphatic heterocycles. The lowest BCUT2D eigenvalue weighted by molar-refractivity contribution is -0.136. The first-order valence-corrected chi connectivity index (χ1v) is 6.89. The summed E-state index contributed by atoms with van der Waals surface area (Å²) in [6.45, 7) is 0. The van der Waals surface area contributed by atoms with E-state index in [-0.39, 0.29) is 5.70 Å². The zero-order valence-electron chi connectivity index (χ0n) is 12.1. The molecule has 0 unspecified atom stereocenters. The minimum atomic E-state index is -0.732. The van der Waals surface area contributed by atoms with Gasteiger partial charge in [0.2, 0.25) is 0 Å². The Morgan fingerprint density at radius 1 is 1.22 bits per heavy atom. The van der Waals surface area contributed by atoms with Crippen LogP contribution in [-0.2, 0) is 9.53 Å². The number of para-hydroxylation sites is 1. The van der Waals surface area contributed by atoms with Gasteiger partial charge in [-0.1, -0.05) is 34.9 Å². The molecule has 0 saturated carbocycles. The van der Waals surface area contributed by atoms with Gasteiger partial charge in [0.25, 0.3) is 0 Å². The van der Waals surface area contributed by atoms with E-state index in [1.54, 1.807) is 48.5 Å². The van der Waals surface area contributed by atoms with Crippen molar-refractivity contribution in [1.82, 2.24) is 0 Å². The van der Waals surface area contributed by atoms with Crippen LogP contribution in [0.25, 0.3) is 16.5 Å². The first-order valence-electron chi connectivity index (χ1n) is 6.51. The number of carbonyl (C=O) groups excluding carboxylic acids is 1. The van der Waals surface area contributed by atoms with Crippen molar-refractivity contribution in [3.63, 3.8) is 0 Å². The van der Waals surface area contributed by atoms with Gasteiger partial charge in [-0.2, -0.15) is 0 Å². The smallest absolute Gasteiger partial charge is 0.340 e. The normalized spacial score (nSPS) is 10.6. The van der Waals surface area contributed by atoms with Gasteiger partial charge in [0.15, 0.2) is 0 Å². The summed E-state index contributed by atoms with van der Waals surface area (Å²) in [7, 11) is 1.21. The number of hydrogen-bond donors (Lipinski definition) is 0. The quantitative estimate of drug-likeness (QED) is 0.255. The van der Waals surface area contributed by atoms with Gasteiger partial charge in [-0.05, 0) is 41.9 Å². The summed E-state index contributed by atoms with van der Waals surface area (Å²) >= 11 is 5.84. The third kappa shape index (κ3) is 4.51. The lowest BCUT2D eigenvalue weighted by Gasteiger charge is -2.09. The van der Waals surface area contributed by atoms with Crippen molar-refractivity contribution in [2.45, 2.75) is 0 Å². The second-order valence-corrected chi connectivity index (χ2v) is 4.74. The van der Waals surface area contributed by atoms with Crippen LogP contribution in [0.5, 0.6) is 11.5 Å². The molecule has 0 amide bonds. The van der Waals surface area contributed by atoms with Gasteiger partial charge in [0, 0.05) is 15.5 Å². The summed E-state index contributed by atoms with van der Waals surface area (Å²) in [5.41, 5.74) is 8.96. The number of methoxy groups -OCH3 is 1. The molecule has 0 spiro atoms. The van der Waals surface area contributed by atoms with Crippen LogP contribution in [0.1, 0.15) is 5.56 Å². The predicted octanol–water partition coefficient (Wildman–Crippen LogP) is 4.96. The van der Waals surface area contributed by atoms with Crippen LogP contribution in [0.2, 0.25) is 5.02 Å². The summed E-state index contributed by atoms with van der Waals surface area (Å²) in [6, 6.07) is 13.9. The molecule has 2 aromatic rings. The molecule has 0 radical (unpaired) electrons. The van der Waals surface area contributed by atoms with Crippen LogP contribution in [0.4, 0.5) is 0 Å². The van der Waals surface area contributed by atoms with Crippen LogP contribution < -0.4 is 4.74 Å². The average Bonchev–Trinajstić information content (AvgIpc) is 2.57. The Morgan fingerprint density at radius 2 is 1.91 bits per heavy atom. The number of esters is 1. The van der Waals surface area contributed by atoms with Crippen LogP contribution in [0.3, 0.4) is 0 Å². The standard InChI is InChI=1S/C16H12ClN3O3/c1-22-16(21)14(19-20-18)10-11-4-2-3-5-15(11)23-13-8-6-12(17)7-9-13/h2-10H,1H3/b14-10+. The van der Waals surface area contributed by atoms with E-state index in [2.05, 4.69) is 14.8 Å². The van der Waals surface area contributed by atoms with E-state index in [0.717, 1.165) is 0 Å². The number of ether oxygens (including phenoxy) is 2. The Morgan fingerprint density at radius 3 is 2.57 bits per heavy atom. The SMILES string of the molecule is COC(=O)/C(=C\c1ccccc1Oc1ccc(Cl)cc1)N=[N+]=[N-]. The van der Waals surface area contributed by atoms with E-state index in [1.165, 1.54) is 13.2 Å². The Balaban J connectivity index is 2.38. The minimum Gasteiger partial charge on any atom is -0.466 e. The fraction of sp³-hybridized carbons (Fsp3) is 0.0625. The Bertz CT molecular complexity index is 781. The monoisotopic (exact) mass is 329 g/mol. The second kappa shape index (κ2) is 7.89. The molecule has 0 saturated heterocycles. The molecule has 2 rings (SSSR count). The Kier molecular flexibility index (Phi) is 5.63. The molecule has 0 aliphatic rings. The van der Waals surface area contributed by atoms with Crippen molar-refractivity contribution in [3.8, 4) is 11.5 Å². The first kappa shape index (κ1) is 16.4. The molecule has 6 nitrogen and oxygen atoms in total. The summed E-state index contributed by atoms with van der Waals surface area (Å²) in [5, 5.41) is 3.94. The van der Waals surface area contributed by atoms with Crippen LogP contribution in [-0.4, -0.2) is 13.1 Å². The topological polar surface area (TPSA) is 84.3 Å². The van der Waals surface area contributed by atoms with Crippen molar-refractivity contribution in [2.24, 2.45) is 5.11 Å².